The van der Waals surface area contributed by atoms with Gasteiger partial charge in [-0.05, 0) is 33.1 Å². The second-order valence-corrected chi connectivity index (χ2v) is 7.45. The molecule has 0 radical (unpaired) electrons. The molecule has 7 heteroatoms. The van der Waals surface area contributed by atoms with E-state index >= 15 is 0 Å². The fraction of sp³-hybridized carbons (Fsp3) is 0.600. The number of nitrogens with zero attached hydrogens (tertiary/aromatic N) is 7. The summed E-state index contributed by atoms with van der Waals surface area (Å²) in [6.45, 7) is 12.3. The largest absolute Gasteiger partial charge is 0.353 e. The van der Waals surface area contributed by atoms with Gasteiger partial charge in [0.05, 0.1) is 0 Å². The Balaban J connectivity index is 1.50. The lowest BCUT2D eigenvalue weighted by Gasteiger charge is -2.37. The third-order valence-corrected chi connectivity index (χ3v) is 5.72. The molecule has 2 saturated heterocycles. The van der Waals surface area contributed by atoms with Gasteiger partial charge in [0.2, 0.25) is 5.95 Å². The van der Waals surface area contributed by atoms with Gasteiger partial charge in [-0.15, -0.1) is 0 Å². The molecular formula is C20H29N7. The normalized spacial score (nSPS) is 17.7. The summed E-state index contributed by atoms with van der Waals surface area (Å²) in [6.07, 6.45) is 5.10. The number of hydrogen-bond acceptors (Lipinski definition) is 7. The van der Waals surface area contributed by atoms with Crippen molar-refractivity contribution in [1.29, 1.82) is 0 Å². The monoisotopic (exact) mass is 367 g/mol. The van der Waals surface area contributed by atoms with Crippen molar-refractivity contribution in [3.05, 3.63) is 29.3 Å². The van der Waals surface area contributed by atoms with Gasteiger partial charge >= 0.3 is 0 Å². The van der Waals surface area contributed by atoms with Crippen molar-refractivity contribution < 1.29 is 0 Å². The molecule has 0 aromatic carbocycles. The van der Waals surface area contributed by atoms with E-state index in [1.807, 2.05) is 0 Å². The SMILES string of the molecule is CCc1cc(N2CCN(c3nc(N4CCCC4)nc(C)c3C)CC2)ncn1. The van der Waals surface area contributed by atoms with Crippen molar-refractivity contribution in [2.24, 2.45) is 0 Å². The Kier molecular flexibility index (Phi) is 5.09. The molecule has 0 saturated carbocycles. The first-order valence-electron chi connectivity index (χ1n) is 10.1. The fourth-order valence-corrected chi connectivity index (χ4v) is 3.87. The lowest BCUT2D eigenvalue weighted by Crippen LogP contribution is -2.47. The fourth-order valence-electron chi connectivity index (χ4n) is 3.87. The third kappa shape index (κ3) is 3.68. The van der Waals surface area contributed by atoms with Crippen molar-refractivity contribution in [2.45, 2.75) is 40.0 Å². The Bertz CT molecular complexity index is 793. The van der Waals surface area contributed by atoms with Gasteiger partial charge in [0, 0.05) is 62.3 Å². The van der Waals surface area contributed by atoms with Crippen LogP contribution in [0.25, 0.3) is 0 Å². The number of rotatable bonds is 4. The van der Waals surface area contributed by atoms with E-state index < -0.39 is 0 Å². The van der Waals surface area contributed by atoms with E-state index in [1.54, 1.807) is 6.33 Å². The summed E-state index contributed by atoms with van der Waals surface area (Å²) in [7, 11) is 0. The van der Waals surface area contributed by atoms with E-state index in [9.17, 15) is 0 Å². The van der Waals surface area contributed by atoms with Gasteiger partial charge in [0.25, 0.3) is 0 Å². The summed E-state index contributed by atoms with van der Waals surface area (Å²) in [5.41, 5.74) is 3.38. The minimum Gasteiger partial charge on any atom is -0.353 e. The summed E-state index contributed by atoms with van der Waals surface area (Å²) in [6, 6.07) is 2.11. The van der Waals surface area contributed by atoms with Crippen molar-refractivity contribution in [3.63, 3.8) is 0 Å². The Morgan fingerprint density at radius 1 is 0.852 bits per heavy atom. The predicted octanol–water partition coefficient (Wildman–Crippen LogP) is 2.37. The number of aromatic nitrogens is 4. The van der Waals surface area contributed by atoms with Crippen molar-refractivity contribution in [3.8, 4) is 0 Å². The van der Waals surface area contributed by atoms with Gasteiger partial charge in [0.1, 0.15) is 18.0 Å². The average molecular weight is 368 g/mol. The maximum absolute atomic E-state index is 4.96. The summed E-state index contributed by atoms with van der Waals surface area (Å²) in [5, 5.41) is 0. The number of hydrogen-bond donors (Lipinski definition) is 0. The predicted molar refractivity (Wildman–Crippen MR) is 109 cm³/mol. The van der Waals surface area contributed by atoms with Crippen LogP contribution in [-0.2, 0) is 6.42 Å². The van der Waals surface area contributed by atoms with E-state index in [0.717, 1.165) is 74.7 Å². The molecule has 2 aromatic heterocycles. The van der Waals surface area contributed by atoms with E-state index in [1.165, 1.54) is 18.4 Å². The van der Waals surface area contributed by atoms with Crippen LogP contribution >= 0.6 is 0 Å². The van der Waals surface area contributed by atoms with E-state index in [-0.39, 0.29) is 0 Å². The molecule has 0 aliphatic carbocycles. The van der Waals surface area contributed by atoms with Crippen LogP contribution in [0.5, 0.6) is 0 Å². The van der Waals surface area contributed by atoms with Gasteiger partial charge in [-0.3, -0.25) is 0 Å². The van der Waals surface area contributed by atoms with E-state index in [2.05, 4.69) is 51.5 Å². The lowest BCUT2D eigenvalue weighted by atomic mass is 10.2. The average Bonchev–Trinajstić information content (AvgIpc) is 3.25. The van der Waals surface area contributed by atoms with Gasteiger partial charge in [0.15, 0.2) is 0 Å². The molecule has 0 bridgehead atoms. The summed E-state index contributed by atoms with van der Waals surface area (Å²) >= 11 is 0. The van der Waals surface area contributed by atoms with Crippen LogP contribution < -0.4 is 14.7 Å². The minimum absolute atomic E-state index is 0.899. The van der Waals surface area contributed by atoms with E-state index in [0.29, 0.717) is 0 Å². The van der Waals surface area contributed by atoms with Crippen molar-refractivity contribution >= 4 is 17.6 Å². The Hall–Kier alpha value is -2.44. The van der Waals surface area contributed by atoms with Crippen LogP contribution in [0.3, 0.4) is 0 Å². The summed E-state index contributed by atoms with van der Waals surface area (Å²) in [4.78, 5) is 25.6. The molecule has 0 N–H and O–H groups in total. The summed E-state index contributed by atoms with van der Waals surface area (Å²) in [5.74, 6) is 3.03. The van der Waals surface area contributed by atoms with Crippen LogP contribution in [0.15, 0.2) is 12.4 Å². The van der Waals surface area contributed by atoms with E-state index in [4.69, 9.17) is 9.97 Å². The molecule has 0 amide bonds. The Morgan fingerprint density at radius 3 is 2.26 bits per heavy atom. The minimum atomic E-state index is 0.899. The van der Waals surface area contributed by atoms with Gasteiger partial charge in [-0.25, -0.2) is 15.0 Å². The smallest absolute Gasteiger partial charge is 0.227 e. The molecule has 0 unspecified atom stereocenters. The standard InChI is InChI=1S/C20H29N7/c1-4-17-13-18(22-14-21-17)25-9-11-26(12-10-25)19-15(2)16(3)23-20(24-19)27-7-5-6-8-27/h13-14H,4-12H2,1-3H3. The molecular weight excluding hydrogens is 338 g/mol. The first kappa shape index (κ1) is 17.9. The number of anilines is 3. The third-order valence-electron chi connectivity index (χ3n) is 5.72. The molecule has 0 spiro atoms. The molecule has 2 aliphatic rings. The van der Waals surface area contributed by atoms with Crippen LogP contribution in [0, 0.1) is 13.8 Å². The van der Waals surface area contributed by atoms with Crippen LogP contribution in [-0.4, -0.2) is 59.2 Å². The lowest BCUT2D eigenvalue weighted by molar-refractivity contribution is 0.637. The molecule has 4 heterocycles. The number of piperazine rings is 1. The molecule has 27 heavy (non-hydrogen) atoms. The van der Waals surface area contributed by atoms with Crippen molar-refractivity contribution in [2.75, 3.05) is 54.0 Å². The second-order valence-electron chi connectivity index (χ2n) is 7.45. The first-order valence-corrected chi connectivity index (χ1v) is 10.1. The number of aryl methyl sites for hydroxylation is 2. The Labute approximate surface area is 161 Å². The first-order chi connectivity index (χ1) is 13.2. The Morgan fingerprint density at radius 2 is 1.56 bits per heavy atom. The molecule has 2 aromatic rings. The van der Waals surface area contributed by atoms with Crippen molar-refractivity contribution in [1.82, 2.24) is 19.9 Å². The highest BCUT2D eigenvalue weighted by atomic mass is 15.3. The molecule has 2 aliphatic heterocycles. The maximum atomic E-state index is 4.96. The highest BCUT2D eigenvalue weighted by Gasteiger charge is 2.24. The molecule has 7 nitrogen and oxygen atoms in total. The van der Waals surface area contributed by atoms with Gasteiger partial charge in [-0.2, -0.15) is 4.98 Å². The molecule has 2 fully saturated rings. The molecule has 144 valence electrons. The van der Waals surface area contributed by atoms with Crippen LogP contribution in [0.4, 0.5) is 17.6 Å². The maximum Gasteiger partial charge on any atom is 0.227 e. The quantitative estimate of drug-likeness (QED) is 0.822. The highest BCUT2D eigenvalue weighted by molar-refractivity contribution is 5.54. The zero-order chi connectivity index (χ0) is 18.8. The zero-order valence-electron chi connectivity index (χ0n) is 16.6. The van der Waals surface area contributed by atoms with Crippen LogP contribution in [0.2, 0.25) is 0 Å². The molecule has 4 rings (SSSR count). The summed E-state index contributed by atoms with van der Waals surface area (Å²) < 4.78 is 0. The zero-order valence-corrected chi connectivity index (χ0v) is 16.6. The van der Waals surface area contributed by atoms with Crippen LogP contribution in [0.1, 0.15) is 36.7 Å². The highest BCUT2D eigenvalue weighted by Crippen LogP contribution is 2.26. The topological polar surface area (TPSA) is 61.3 Å². The van der Waals surface area contributed by atoms with Gasteiger partial charge in [-0.1, -0.05) is 6.92 Å². The van der Waals surface area contributed by atoms with Gasteiger partial charge < -0.3 is 14.7 Å². The second kappa shape index (κ2) is 7.66. The molecule has 0 atom stereocenters.